The van der Waals surface area contributed by atoms with Crippen LogP contribution < -0.4 is 9.83 Å². The Kier molecular flexibility index (Phi) is 5.44. The summed E-state index contributed by atoms with van der Waals surface area (Å²) in [7, 11) is -1.95. The Morgan fingerprint density at radius 1 is 0.760 bits per heavy atom. The molecule has 0 aliphatic heterocycles. The zero-order valence-electron chi connectivity index (χ0n) is 16.7. The first-order valence-corrected chi connectivity index (χ1v) is 9.95. The molecule has 0 saturated heterocycles. The molecule has 0 saturated carbocycles. The maximum Gasteiger partial charge on any atom is 0.597 e. The molecule has 0 aliphatic carbocycles. The van der Waals surface area contributed by atoms with Crippen molar-refractivity contribution in [2.45, 2.75) is 66.2 Å². The summed E-state index contributed by atoms with van der Waals surface area (Å²) in [5, 5.41) is 0.781. The van der Waals surface area contributed by atoms with Crippen molar-refractivity contribution in [3.63, 3.8) is 0 Å². The van der Waals surface area contributed by atoms with E-state index in [-0.39, 0.29) is 10.8 Å². The van der Waals surface area contributed by atoms with Gasteiger partial charge >= 0.3 is 8.03 Å². The lowest BCUT2D eigenvalue weighted by atomic mass is 9.86. The Balaban J connectivity index is 2.38. The smallest absolute Gasteiger partial charge is 0.250 e. The van der Waals surface area contributed by atoms with E-state index in [1.54, 1.807) is 0 Å². The minimum atomic E-state index is -1.95. The molecule has 0 aromatic heterocycles. The maximum atomic E-state index is 13.0. The zero-order chi connectivity index (χ0) is 19.0. The molecule has 0 radical (unpaired) electrons. The lowest BCUT2D eigenvalue weighted by molar-refractivity contribution is 0.509. The van der Waals surface area contributed by atoms with Gasteiger partial charge in [0.25, 0.3) is 0 Å². The third kappa shape index (κ3) is 4.70. The van der Waals surface area contributed by atoms with Gasteiger partial charge in [0.15, 0.2) is 5.75 Å². The largest absolute Gasteiger partial charge is 0.597 e. The van der Waals surface area contributed by atoms with Crippen LogP contribution in [0.15, 0.2) is 36.4 Å². The van der Waals surface area contributed by atoms with Crippen molar-refractivity contribution in [2.24, 2.45) is 0 Å². The van der Waals surface area contributed by atoms with Crippen molar-refractivity contribution >= 4 is 13.3 Å². The molecule has 2 aromatic rings. The van der Waals surface area contributed by atoms with Crippen molar-refractivity contribution in [2.75, 3.05) is 0 Å². The van der Waals surface area contributed by atoms with Gasteiger partial charge < -0.3 is 0 Å². The summed E-state index contributed by atoms with van der Waals surface area (Å²) in [4.78, 5) is 0. The first-order valence-electron chi connectivity index (χ1n) is 8.77. The first-order chi connectivity index (χ1) is 11.4. The Morgan fingerprint density at radius 3 is 1.76 bits per heavy atom. The van der Waals surface area contributed by atoms with Crippen LogP contribution >= 0.6 is 8.03 Å². The summed E-state index contributed by atoms with van der Waals surface area (Å²) in [6.45, 7) is 16.9. The summed E-state index contributed by atoms with van der Waals surface area (Å²) < 4.78 is 18.9. The summed E-state index contributed by atoms with van der Waals surface area (Å²) >= 11 is 0. The first kappa shape index (κ1) is 19.7. The van der Waals surface area contributed by atoms with E-state index in [1.165, 1.54) is 11.1 Å². The highest BCUT2D eigenvalue weighted by molar-refractivity contribution is 7.49. The van der Waals surface area contributed by atoms with Gasteiger partial charge in [-0.25, -0.2) is 4.52 Å². The van der Waals surface area contributed by atoms with Gasteiger partial charge in [-0.05, 0) is 58.1 Å². The normalized spacial score (nSPS) is 12.9. The van der Waals surface area contributed by atoms with E-state index in [2.05, 4.69) is 53.7 Å². The van der Waals surface area contributed by atoms with Gasteiger partial charge in [0.2, 0.25) is 5.30 Å². The van der Waals surface area contributed by atoms with E-state index in [4.69, 9.17) is 4.52 Å². The summed E-state index contributed by atoms with van der Waals surface area (Å²) in [6.07, 6.45) is 0. The molecule has 0 bridgehead atoms. The van der Waals surface area contributed by atoms with Crippen LogP contribution in [0.4, 0.5) is 0 Å². The van der Waals surface area contributed by atoms with Gasteiger partial charge in [0.1, 0.15) is 0 Å². The molecule has 0 N–H and O–H groups in total. The van der Waals surface area contributed by atoms with E-state index in [9.17, 15) is 4.57 Å². The van der Waals surface area contributed by atoms with Gasteiger partial charge in [-0.3, -0.25) is 0 Å². The molecule has 2 nitrogen and oxygen atoms in total. The predicted octanol–water partition coefficient (Wildman–Crippen LogP) is 6.35. The van der Waals surface area contributed by atoms with Crippen LogP contribution in [0.1, 0.15) is 63.8 Å². The second-order valence-corrected chi connectivity index (χ2v) is 10.0. The van der Waals surface area contributed by atoms with Crippen LogP contribution in [0.2, 0.25) is 0 Å². The van der Waals surface area contributed by atoms with Crippen molar-refractivity contribution in [3.05, 3.63) is 58.7 Å². The summed E-state index contributed by atoms with van der Waals surface area (Å²) in [5.74, 6) is 0.703. The number of hydrogen-bond acceptors (Lipinski definition) is 2. The molecule has 0 heterocycles. The molecule has 0 aliphatic rings. The average Bonchev–Trinajstić information content (AvgIpc) is 2.47. The van der Waals surface area contributed by atoms with Crippen molar-refractivity contribution in [3.8, 4) is 5.75 Å². The topological polar surface area (TPSA) is 26.3 Å². The minimum Gasteiger partial charge on any atom is -0.250 e. The Morgan fingerprint density at radius 2 is 1.24 bits per heavy atom. The molecule has 2 rings (SSSR count). The van der Waals surface area contributed by atoms with Gasteiger partial charge in [0.05, 0.1) is 0 Å². The fourth-order valence-electron chi connectivity index (χ4n) is 2.58. The molecular formula is C22H30O2P+. The Bertz CT molecular complexity index is 793. The average molecular weight is 357 g/mol. The van der Waals surface area contributed by atoms with Gasteiger partial charge in [0, 0.05) is 5.56 Å². The highest BCUT2D eigenvalue weighted by Gasteiger charge is 2.30. The number of hydrogen-bond donors (Lipinski definition) is 0. The SMILES string of the molecule is Cc1ccc(C(C)(C)C)cc1O[P+](=O)c1cc(C(C)(C)C)ccc1C. The molecule has 1 atom stereocenters. The quantitative estimate of drug-likeness (QED) is 0.599. The molecule has 134 valence electrons. The van der Waals surface area contributed by atoms with Crippen LogP contribution in [0.5, 0.6) is 5.75 Å². The highest BCUT2D eigenvalue weighted by atomic mass is 31.1. The van der Waals surface area contributed by atoms with Gasteiger partial charge in [-0.1, -0.05) is 65.8 Å². The fraction of sp³-hybridized carbons (Fsp3) is 0.455. The molecule has 1 unspecified atom stereocenters. The molecule has 25 heavy (non-hydrogen) atoms. The molecule has 0 spiro atoms. The highest BCUT2D eigenvalue weighted by Crippen LogP contribution is 2.35. The second-order valence-electron chi connectivity index (χ2n) is 8.83. The van der Waals surface area contributed by atoms with E-state index >= 15 is 0 Å². The van der Waals surface area contributed by atoms with Crippen LogP contribution in [0.25, 0.3) is 0 Å². The fourth-order valence-corrected chi connectivity index (χ4v) is 3.66. The monoisotopic (exact) mass is 357 g/mol. The van der Waals surface area contributed by atoms with E-state index < -0.39 is 8.03 Å². The Hall–Kier alpha value is -1.66. The maximum absolute atomic E-state index is 13.0. The van der Waals surface area contributed by atoms with Crippen molar-refractivity contribution in [1.29, 1.82) is 0 Å². The third-order valence-electron chi connectivity index (χ3n) is 4.51. The number of benzene rings is 2. The van der Waals surface area contributed by atoms with Crippen molar-refractivity contribution < 1.29 is 9.09 Å². The predicted molar refractivity (Wildman–Crippen MR) is 108 cm³/mol. The third-order valence-corrected chi connectivity index (χ3v) is 5.75. The lowest BCUT2D eigenvalue weighted by Crippen LogP contribution is -2.16. The molecule has 0 amide bonds. The number of rotatable bonds is 3. The minimum absolute atomic E-state index is 0.0146. The number of aryl methyl sites for hydroxylation is 2. The van der Waals surface area contributed by atoms with Crippen LogP contribution in [0.3, 0.4) is 0 Å². The second kappa shape index (κ2) is 6.92. The summed E-state index contributed by atoms with van der Waals surface area (Å²) in [6, 6.07) is 12.3. The van der Waals surface area contributed by atoms with Gasteiger partial charge in [-0.15, -0.1) is 0 Å². The zero-order valence-corrected chi connectivity index (χ0v) is 17.6. The molecule has 2 aromatic carbocycles. The van der Waals surface area contributed by atoms with Crippen molar-refractivity contribution in [1.82, 2.24) is 0 Å². The standard InChI is InChI=1S/C22H30O2P/c1-15-9-11-17(21(3,4)5)13-19(15)24-25(23)20-14-18(22(6,7)8)12-10-16(20)2/h9-14H,1-8H3/q+1. The van der Waals surface area contributed by atoms with E-state index in [1.807, 2.05) is 38.1 Å². The van der Waals surface area contributed by atoms with E-state index in [0.29, 0.717) is 5.75 Å². The van der Waals surface area contributed by atoms with Crippen LogP contribution in [-0.2, 0) is 15.4 Å². The Labute approximate surface area is 153 Å². The summed E-state index contributed by atoms with van der Waals surface area (Å²) in [5.41, 5.74) is 4.39. The lowest BCUT2D eigenvalue weighted by Gasteiger charge is -2.19. The molecule has 3 heteroatoms. The van der Waals surface area contributed by atoms with Gasteiger partial charge in [-0.2, -0.15) is 0 Å². The van der Waals surface area contributed by atoms with Crippen LogP contribution in [-0.4, -0.2) is 0 Å². The molecular weight excluding hydrogens is 327 g/mol. The molecule has 0 fully saturated rings. The van der Waals surface area contributed by atoms with Crippen LogP contribution in [0, 0.1) is 13.8 Å². The van der Waals surface area contributed by atoms with E-state index in [0.717, 1.165) is 16.4 Å².